The van der Waals surface area contributed by atoms with E-state index < -0.39 is 26.5 Å². The summed E-state index contributed by atoms with van der Waals surface area (Å²) in [6.45, 7) is 3.07. The molecule has 1 aromatic rings. The van der Waals surface area contributed by atoms with Gasteiger partial charge in [-0.3, -0.25) is 4.79 Å². The first-order valence-electron chi connectivity index (χ1n) is 5.68. The minimum Gasteiger partial charge on any atom is -0.460 e. The Kier molecular flexibility index (Phi) is 3.28. The molecule has 0 atom stereocenters. The number of carbonyl (C=O) groups is 2. The topological polar surface area (TPSA) is 77.5 Å². The maximum atomic E-state index is 12.3. The first-order chi connectivity index (χ1) is 8.91. The van der Waals surface area contributed by atoms with Gasteiger partial charge >= 0.3 is 5.97 Å². The first kappa shape index (κ1) is 13.5. The quantitative estimate of drug-likeness (QED) is 0.616. The Hall–Kier alpha value is -1.95. The number of ketones is 1. The summed E-state index contributed by atoms with van der Waals surface area (Å²) >= 11 is 0. The highest BCUT2D eigenvalue weighted by molar-refractivity contribution is 7.97. The zero-order chi connectivity index (χ0) is 14.2. The summed E-state index contributed by atoms with van der Waals surface area (Å²) in [5.41, 5.74) is 0.740. The van der Waals surface area contributed by atoms with E-state index in [1.165, 1.54) is 13.0 Å². The van der Waals surface area contributed by atoms with Gasteiger partial charge < -0.3 is 4.74 Å². The fourth-order valence-corrected chi connectivity index (χ4v) is 3.86. The van der Waals surface area contributed by atoms with Crippen LogP contribution in [0.1, 0.15) is 19.4 Å². The molecule has 1 aliphatic heterocycles. The van der Waals surface area contributed by atoms with Crippen LogP contribution in [0.15, 0.2) is 34.1 Å². The SMILES string of the molecule is CCOC(=O)C(=O)C1=C(C)c2ccccc2S1(=O)=O. The minimum absolute atomic E-state index is 0.0178. The van der Waals surface area contributed by atoms with Gasteiger partial charge in [-0.15, -0.1) is 0 Å². The molecule has 0 radical (unpaired) electrons. The van der Waals surface area contributed by atoms with Gasteiger partial charge in [-0.25, -0.2) is 13.2 Å². The molecule has 19 heavy (non-hydrogen) atoms. The van der Waals surface area contributed by atoms with E-state index in [0.29, 0.717) is 5.56 Å². The minimum atomic E-state index is -3.93. The molecule has 0 aromatic heterocycles. The molecule has 6 heteroatoms. The van der Waals surface area contributed by atoms with Crippen molar-refractivity contribution in [1.82, 2.24) is 0 Å². The fraction of sp³-hybridized carbons (Fsp3) is 0.231. The van der Waals surface area contributed by atoms with Crippen LogP contribution in [0.4, 0.5) is 0 Å². The van der Waals surface area contributed by atoms with Crippen molar-refractivity contribution in [3.8, 4) is 0 Å². The third-order valence-electron chi connectivity index (χ3n) is 2.86. The van der Waals surface area contributed by atoms with Gasteiger partial charge in [0, 0.05) is 0 Å². The molecule has 0 saturated carbocycles. The average Bonchev–Trinajstić information content (AvgIpc) is 2.57. The van der Waals surface area contributed by atoms with Gasteiger partial charge in [-0.1, -0.05) is 18.2 Å². The zero-order valence-electron chi connectivity index (χ0n) is 10.5. The highest BCUT2D eigenvalue weighted by Crippen LogP contribution is 2.39. The van der Waals surface area contributed by atoms with E-state index in [1.807, 2.05) is 0 Å². The molecule has 0 unspecified atom stereocenters. The van der Waals surface area contributed by atoms with Crippen LogP contribution in [0.5, 0.6) is 0 Å². The van der Waals surface area contributed by atoms with Crippen LogP contribution < -0.4 is 0 Å². The maximum absolute atomic E-state index is 12.3. The molecule has 0 N–H and O–H groups in total. The van der Waals surface area contributed by atoms with E-state index in [0.717, 1.165) is 0 Å². The lowest BCUT2D eigenvalue weighted by atomic mass is 10.1. The number of Topliss-reactive ketones (excluding diaryl/α,β-unsaturated/α-hetero) is 1. The summed E-state index contributed by atoms with van der Waals surface area (Å²) in [6.07, 6.45) is 0. The number of carbonyl (C=O) groups excluding carboxylic acids is 2. The molecule has 0 aliphatic carbocycles. The van der Waals surface area contributed by atoms with Crippen molar-refractivity contribution in [1.29, 1.82) is 0 Å². The molecule has 0 fully saturated rings. The Balaban J connectivity index is 2.58. The first-order valence-corrected chi connectivity index (χ1v) is 7.16. The second-order valence-electron chi connectivity index (χ2n) is 4.00. The second-order valence-corrected chi connectivity index (χ2v) is 5.86. The maximum Gasteiger partial charge on any atom is 0.380 e. The highest BCUT2D eigenvalue weighted by Gasteiger charge is 2.40. The predicted octanol–water partition coefficient (Wildman–Crippen LogP) is 1.34. The van der Waals surface area contributed by atoms with Gasteiger partial charge in [0.1, 0.15) is 4.91 Å². The van der Waals surface area contributed by atoms with Crippen molar-refractivity contribution < 1.29 is 22.7 Å². The third kappa shape index (κ3) is 1.98. The van der Waals surface area contributed by atoms with E-state index in [1.54, 1.807) is 25.1 Å². The number of rotatable bonds is 3. The van der Waals surface area contributed by atoms with Gasteiger partial charge in [-0.05, 0) is 31.1 Å². The number of fused-ring (bicyclic) bond motifs is 1. The molecule has 0 spiro atoms. The van der Waals surface area contributed by atoms with E-state index in [4.69, 9.17) is 0 Å². The summed E-state index contributed by atoms with van der Waals surface area (Å²) in [6, 6.07) is 6.27. The van der Waals surface area contributed by atoms with Crippen molar-refractivity contribution in [2.45, 2.75) is 18.7 Å². The molecule has 0 saturated heterocycles. The van der Waals surface area contributed by atoms with Gasteiger partial charge in [0.25, 0.3) is 5.78 Å². The van der Waals surface area contributed by atoms with Crippen molar-refractivity contribution in [2.75, 3.05) is 6.61 Å². The normalized spacial score (nSPS) is 16.1. The van der Waals surface area contributed by atoms with Crippen molar-refractivity contribution >= 4 is 27.2 Å². The van der Waals surface area contributed by atoms with Crippen LogP contribution in [0, 0.1) is 0 Å². The van der Waals surface area contributed by atoms with Crippen LogP contribution in [0.25, 0.3) is 5.57 Å². The Morgan fingerprint density at radius 3 is 2.42 bits per heavy atom. The lowest BCUT2D eigenvalue weighted by molar-refractivity contribution is -0.151. The van der Waals surface area contributed by atoms with Crippen molar-refractivity contribution in [3.05, 3.63) is 34.7 Å². The number of esters is 1. The molecule has 1 heterocycles. The summed E-state index contributed by atoms with van der Waals surface area (Å²) in [5, 5.41) is 0. The molecular weight excluding hydrogens is 268 g/mol. The van der Waals surface area contributed by atoms with Gasteiger partial charge in [0.2, 0.25) is 9.84 Å². The van der Waals surface area contributed by atoms with Gasteiger partial charge in [0.15, 0.2) is 0 Å². The predicted molar refractivity (Wildman–Crippen MR) is 67.9 cm³/mol. The highest BCUT2D eigenvalue weighted by atomic mass is 32.2. The largest absolute Gasteiger partial charge is 0.460 e. The Morgan fingerprint density at radius 1 is 1.21 bits per heavy atom. The van der Waals surface area contributed by atoms with Crippen molar-refractivity contribution in [2.24, 2.45) is 0 Å². The summed E-state index contributed by atoms with van der Waals surface area (Å²) in [4.78, 5) is 22.9. The standard InChI is InChI=1S/C13H12O5S/c1-3-18-13(15)11(14)12-8(2)9-6-4-5-7-10(9)19(12,16)17/h4-7H,3H2,1-2H3. The average molecular weight is 280 g/mol. The summed E-state index contributed by atoms with van der Waals surface area (Å²) in [5.74, 6) is -2.26. The van der Waals surface area contributed by atoms with E-state index in [-0.39, 0.29) is 17.1 Å². The smallest absolute Gasteiger partial charge is 0.380 e. The van der Waals surface area contributed by atoms with Crippen LogP contribution >= 0.6 is 0 Å². The third-order valence-corrected chi connectivity index (χ3v) is 4.82. The van der Waals surface area contributed by atoms with Crippen LogP contribution in [0.2, 0.25) is 0 Å². The molecule has 100 valence electrons. The van der Waals surface area contributed by atoms with Gasteiger partial charge in [0.05, 0.1) is 11.5 Å². The molecule has 0 amide bonds. The van der Waals surface area contributed by atoms with Gasteiger partial charge in [-0.2, -0.15) is 0 Å². The Bertz CT molecular complexity index is 697. The molecule has 2 rings (SSSR count). The number of ether oxygens (including phenoxy) is 1. The lowest BCUT2D eigenvalue weighted by Crippen LogP contribution is -2.22. The lowest BCUT2D eigenvalue weighted by Gasteiger charge is -2.03. The molecule has 1 aromatic carbocycles. The molecular formula is C13H12O5S. The van der Waals surface area contributed by atoms with Crippen LogP contribution in [0.3, 0.4) is 0 Å². The Labute approximate surface area is 110 Å². The van der Waals surface area contributed by atoms with Crippen LogP contribution in [-0.2, 0) is 24.2 Å². The number of hydrogen-bond donors (Lipinski definition) is 0. The zero-order valence-corrected chi connectivity index (χ0v) is 11.3. The number of benzene rings is 1. The second kappa shape index (κ2) is 4.62. The number of hydrogen-bond acceptors (Lipinski definition) is 5. The van der Waals surface area contributed by atoms with E-state index >= 15 is 0 Å². The fourth-order valence-electron chi connectivity index (χ4n) is 2.03. The summed E-state index contributed by atoms with van der Waals surface area (Å²) in [7, 11) is -3.93. The van der Waals surface area contributed by atoms with Crippen LogP contribution in [-0.4, -0.2) is 26.8 Å². The monoisotopic (exact) mass is 280 g/mol. The molecule has 0 bridgehead atoms. The van der Waals surface area contributed by atoms with E-state index in [9.17, 15) is 18.0 Å². The Morgan fingerprint density at radius 2 is 1.84 bits per heavy atom. The van der Waals surface area contributed by atoms with E-state index in [2.05, 4.69) is 4.74 Å². The number of allylic oxidation sites excluding steroid dienone is 1. The molecule has 5 nitrogen and oxygen atoms in total. The van der Waals surface area contributed by atoms with Crippen molar-refractivity contribution in [3.63, 3.8) is 0 Å². The summed E-state index contributed by atoms with van der Waals surface area (Å²) < 4.78 is 29.1. The molecule has 1 aliphatic rings. The number of sulfone groups is 1.